The second-order valence-corrected chi connectivity index (χ2v) is 7.99. The molecule has 0 aliphatic carbocycles. The second kappa shape index (κ2) is 5.35. The average Bonchev–Trinajstić information content (AvgIpc) is 1.87. The molecule has 0 aromatic rings. The summed E-state index contributed by atoms with van der Waals surface area (Å²) in [5.41, 5.74) is 0. The lowest BCUT2D eigenvalue weighted by Crippen LogP contribution is -2.15. The quantitative estimate of drug-likeness (QED) is 0.339. The van der Waals surface area contributed by atoms with Gasteiger partial charge in [-0.3, -0.25) is 0 Å². The van der Waals surface area contributed by atoms with Crippen molar-refractivity contribution >= 4 is 28.0 Å². The lowest BCUT2D eigenvalue weighted by atomic mass is 10.7. The van der Waals surface area contributed by atoms with E-state index in [1.807, 2.05) is 12.2 Å². The van der Waals surface area contributed by atoms with E-state index in [0.717, 1.165) is 0 Å². The van der Waals surface area contributed by atoms with Gasteiger partial charge < -0.3 is 0 Å². The Morgan fingerprint density at radius 3 is 1.67 bits per heavy atom. The molecule has 52 valence electrons. The van der Waals surface area contributed by atoms with Crippen molar-refractivity contribution in [1.82, 2.24) is 0 Å². The minimum Gasteiger partial charge on any atom is -0.134 e. The highest BCUT2D eigenvalue weighted by Gasteiger charge is 2.01. The van der Waals surface area contributed by atoms with E-state index in [4.69, 9.17) is 0 Å². The minimum absolute atomic E-state index is 0.0502. The summed E-state index contributed by atoms with van der Waals surface area (Å²) in [7, 11) is 5.53. The van der Waals surface area contributed by atoms with E-state index in [9.17, 15) is 0 Å². The molecule has 0 heterocycles. The Kier molecular flexibility index (Phi) is 5.68. The fourth-order valence-corrected chi connectivity index (χ4v) is 4.35. The molecule has 0 aromatic carbocycles. The van der Waals surface area contributed by atoms with Crippen LogP contribution < -0.4 is 0 Å². The summed E-state index contributed by atoms with van der Waals surface area (Å²) in [5, 5.41) is 1.32. The monoisotopic (exact) mass is 176 g/mol. The zero-order chi connectivity index (χ0) is 7.28. The van der Waals surface area contributed by atoms with Crippen LogP contribution in [0, 0.1) is 0 Å². The topological polar surface area (TPSA) is 0 Å². The minimum atomic E-state index is -0.0502. The average molecular weight is 176 g/mol. The van der Waals surface area contributed by atoms with Crippen LogP contribution in [-0.4, -0.2) is 20.1 Å². The van der Waals surface area contributed by atoms with Crippen LogP contribution in [0.4, 0.5) is 0 Å². The summed E-state index contributed by atoms with van der Waals surface area (Å²) in [6, 6.07) is 0. The van der Waals surface area contributed by atoms with Crippen molar-refractivity contribution in [3.63, 3.8) is 0 Å². The Labute approximate surface area is 64.4 Å². The first kappa shape index (κ1) is 9.56. The van der Waals surface area contributed by atoms with Crippen LogP contribution in [0.15, 0.2) is 25.3 Å². The molecule has 0 bridgehead atoms. The largest absolute Gasteiger partial charge is 0.134 e. The van der Waals surface area contributed by atoms with E-state index in [0.29, 0.717) is 10.6 Å². The molecule has 0 N–H and O–H groups in total. The summed E-state index contributed by atoms with van der Waals surface area (Å²) in [4.78, 5) is 0. The van der Waals surface area contributed by atoms with Gasteiger partial charge in [-0.1, -0.05) is 12.2 Å². The van der Waals surface area contributed by atoms with Gasteiger partial charge in [0, 0.05) is 9.52 Å². The zero-order valence-electron chi connectivity index (χ0n) is 5.59. The second-order valence-electron chi connectivity index (χ2n) is 2.03. The summed E-state index contributed by atoms with van der Waals surface area (Å²) >= 11 is 0. The highest BCUT2D eigenvalue weighted by Crippen LogP contribution is 2.06. The Balaban J connectivity index is 3.45. The van der Waals surface area contributed by atoms with Crippen molar-refractivity contribution in [3.05, 3.63) is 25.3 Å². The maximum Gasteiger partial charge on any atom is 0.0451 e. The fraction of sp³-hybridized carbons (Fsp3) is 0.333. The highest BCUT2D eigenvalue weighted by atomic mass is 31.0. The third-order valence-electron chi connectivity index (χ3n) is 1.15. The van der Waals surface area contributed by atoms with Crippen molar-refractivity contribution in [1.29, 1.82) is 0 Å². The number of hydrogen-bond donors (Lipinski definition) is 0. The van der Waals surface area contributed by atoms with E-state index in [2.05, 4.69) is 31.6 Å². The smallest absolute Gasteiger partial charge is 0.0451 e. The van der Waals surface area contributed by atoms with Gasteiger partial charge in [-0.25, -0.2) is 0 Å². The molecule has 0 saturated carbocycles. The molecule has 0 radical (unpaired) electrons. The molecular weight excluding hydrogens is 162 g/mol. The summed E-state index contributed by atoms with van der Waals surface area (Å²) in [6.07, 6.45) is 3.99. The Morgan fingerprint density at radius 2 is 1.44 bits per heavy atom. The van der Waals surface area contributed by atoms with Crippen molar-refractivity contribution < 1.29 is 0 Å². The van der Waals surface area contributed by atoms with Crippen molar-refractivity contribution in [2.75, 3.05) is 0 Å². The van der Waals surface area contributed by atoms with Gasteiger partial charge in [0.25, 0.3) is 0 Å². The molecular formula is C6H14P2Si. The molecule has 0 nitrogen and oxygen atoms in total. The maximum atomic E-state index is 3.72. The molecule has 0 aliphatic rings. The first-order chi connectivity index (χ1) is 4.20. The van der Waals surface area contributed by atoms with E-state index < -0.39 is 0 Å². The third kappa shape index (κ3) is 5.02. The van der Waals surface area contributed by atoms with Crippen LogP contribution in [0.5, 0.6) is 0 Å². The lowest BCUT2D eigenvalue weighted by molar-refractivity contribution is 1.51. The normalized spacial score (nSPS) is 17.6. The molecule has 0 amide bonds. The SMILES string of the molecule is C=CC(P)[SiH2]C(P)C=C. The Morgan fingerprint density at radius 1 is 1.11 bits per heavy atom. The van der Waals surface area contributed by atoms with Crippen LogP contribution in [-0.2, 0) is 0 Å². The van der Waals surface area contributed by atoms with Gasteiger partial charge in [-0.15, -0.1) is 31.6 Å². The van der Waals surface area contributed by atoms with Gasteiger partial charge in [0.05, 0.1) is 0 Å². The van der Waals surface area contributed by atoms with Gasteiger partial charge in [0.2, 0.25) is 0 Å². The molecule has 0 spiro atoms. The predicted octanol–water partition coefficient (Wildman–Crippen LogP) is 0.930. The van der Waals surface area contributed by atoms with Gasteiger partial charge in [0.1, 0.15) is 0 Å². The van der Waals surface area contributed by atoms with E-state index in [1.165, 1.54) is 0 Å². The maximum absolute atomic E-state index is 3.72. The van der Waals surface area contributed by atoms with Crippen LogP contribution in [0.3, 0.4) is 0 Å². The number of rotatable bonds is 4. The molecule has 0 saturated heterocycles. The van der Waals surface area contributed by atoms with Crippen LogP contribution >= 0.6 is 18.5 Å². The molecule has 9 heavy (non-hydrogen) atoms. The molecule has 0 rings (SSSR count). The highest BCUT2D eigenvalue weighted by molar-refractivity contribution is 7.26. The molecule has 0 fully saturated rings. The van der Waals surface area contributed by atoms with Gasteiger partial charge >= 0.3 is 0 Å². The van der Waals surface area contributed by atoms with Crippen molar-refractivity contribution in [2.45, 2.75) is 10.6 Å². The van der Waals surface area contributed by atoms with Crippen molar-refractivity contribution in [3.8, 4) is 0 Å². The van der Waals surface area contributed by atoms with E-state index in [-0.39, 0.29) is 9.52 Å². The van der Waals surface area contributed by atoms with Crippen LogP contribution in [0.2, 0.25) is 0 Å². The predicted molar refractivity (Wildman–Crippen MR) is 55.9 cm³/mol. The van der Waals surface area contributed by atoms with E-state index in [1.54, 1.807) is 0 Å². The lowest BCUT2D eigenvalue weighted by Gasteiger charge is -2.06. The summed E-state index contributed by atoms with van der Waals surface area (Å²) < 4.78 is 0. The summed E-state index contributed by atoms with van der Waals surface area (Å²) in [5.74, 6) is 0. The zero-order valence-corrected chi connectivity index (χ0v) is 9.31. The molecule has 4 unspecified atom stereocenters. The van der Waals surface area contributed by atoms with Crippen LogP contribution in [0.25, 0.3) is 0 Å². The molecule has 3 heteroatoms. The standard InChI is InChI=1S/C6H14P2Si/c1-3-5(7)9-6(8)4-2/h3-6H,1-2,7-9H2. The number of allylic oxidation sites excluding steroid dienone is 2. The summed E-state index contributed by atoms with van der Waals surface area (Å²) in [6.45, 7) is 7.44. The first-order valence-corrected chi connectivity index (χ1v) is 5.93. The molecule has 0 aromatic heterocycles. The van der Waals surface area contributed by atoms with Gasteiger partial charge in [0.15, 0.2) is 0 Å². The third-order valence-corrected chi connectivity index (χ3v) is 5.08. The van der Waals surface area contributed by atoms with Crippen LogP contribution in [0.1, 0.15) is 0 Å². The fourth-order valence-electron chi connectivity index (χ4n) is 0.507. The Bertz CT molecular complexity index is 91.2. The van der Waals surface area contributed by atoms with Gasteiger partial charge in [-0.05, 0) is 10.6 Å². The number of hydrogen-bond acceptors (Lipinski definition) is 0. The Hall–Kier alpha value is 0.557. The molecule has 0 aliphatic heterocycles. The van der Waals surface area contributed by atoms with Gasteiger partial charge in [-0.2, -0.15) is 0 Å². The molecule has 4 atom stereocenters. The van der Waals surface area contributed by atoms with E-state index >= 15 is 0 Å². The van der Waals surface area contributed by atoms with Crippen molar-refractivity contribution in [2.24, 2.45) is 0 Å². The first-order valence-electron chi connectivity index (χ1n) is 2.97.